The van der Waals surface area contributed by atoms with E-state index < -0.39 is 0 Å². The lowest BCUT2D eigenvalue weighted by Crippen LogP contribution is -2.27. The van der Waals surface area contributed by atoms with Crippen molar-refractivity contribution in [3.05, 3.63) is 61.1 Å². The number of hydrogen-bond donors (Lipinski definition) is 1. The maximum Gasteiger partial charge on any atom is 0.278 e. The first-order valence-corrected chi connectivity index (χ1v) is 6.22. The highest BCUT2D eigenvalue weighted by Crippen LogP contribution is 2.13. The van der Waals surface area contributed by atoms with Crippen LogP contribution in [-0.4, -0.2) is 29.5 Å². The van der Waals surface area contributed by atoms with E-state index in [4.69, 9.17) is 0 Å². The van der Waals surface area contributed by atoms with Crippen LogP contribution in [0.25, 0.3) is 0 Å². The minimum absolute atomic E-state index is 0.195. The summed E-state index contributed by atoms with van der Waals surface area (Å²) in [6.07, 6.45) is 4.73. The quantitative estimate of drug-likeness (QED) is 0.846. The highest BCUT2D eigenvalue weighted by molar-refractivity contribution is 6.04. The van der Waals surface area contributed by atoms with Crippen molar-refractivity contribution in [1.29, 1.82) is 0 Å². The van der Waals surface area contributed by atoms with Crippen molar-refractivity contribution in [3.63, 3.8) is 0 Å². The molecule has 0 aliphatic rings. The molecule has 0 bridgehead atoms. The number of amides is 1. The van der Waals surface area contributed by atoms with Gasteiger partial charge < -0.3 is 10.2 Å². The normalized spacial score (nSPS) is 9.85. The minimum atomic E-state index is -0.195. The van der Waals surface area contributed by atoms with Gasteiger partial charge in [0.2, 0.25) is 0 Å². The highest BCUT2D eigenvalue weighted by Gasteiger charge is 2.14. The van der Waals surface area contributed by atoms with Crippen LogP contribution in [0.4, 0.5) is 11.5 Å². The molecule has 0 spiro atoms. The van der Waals surface area contributed by atoms with E-state index in [2.05, 4.69) is 21.9 Å². The molecule has 0 radical (unpaired) electrons. The fourth-order valence-corrected chi connectivity index (χ4v) is 1.65. The van der Waals surface area contributed by atoms with Gasteiger partial charge >= 0.3 is 0 Å². The van der Waals surface area contributed by atoms with E-state index in [1.807, 2.05) is 30.3 Å². The number of para-hydroxylation sites is 1. The first-order chi connectivity index (χ1) is 9.72. The van der Waals surface area contributed by atoms with Gasteiger partial charge in [-0.15, -0.1) is 6.58 Å². The summed E-state index contributed by atoms with van der Waals surface area (Å²) in [6.45, 7) is 4.21. The third-order valence-corrected chi connectivity index (χ3v) is 2.75. The van der Waals surface area contributed by atoms with Gasteiger partial charge in [-0.1, -0.05) is 24.3 Å². The predicted molar refractivity (Wildman–Crippen MR) is 79.9 cm³/mol. The van der Waals surface area contributed by atoms with Crippen LogP contribution in [0.2, 0.25) is 0 Å². The fraction of sp³-hybridized carbons (Fsp3) is 0.133. The second-order valence-corrected chi connectivity index (χ2v) is 4.16. The lowest BCUT2D eigenvalue weighted by Gasteiger charge is -2.16. The standard InChI is InChI=1S/C15H16N4O/c1-3-9-16-14-11-17-13(10-18-14)15(20)19(2)12-7-5-4-6-8-12/h3-8,10-11H,1,9H2,2H3,(H,16,18). The Bertz CT molecular complexity index is 581. The summed E-state index contributed by atoms with van der Waals surface area (Å²) in [5, 5.41) is 3.00. The molecule has 2 rings (SSSR count). The molecule has 1 amide bonds. The molecule has 0 saturated heterocycles. The van der Waals surface area contributed by atoms with Crippen molar-refractivity contribution in [1.82, 2.24) is 9.97 Å². The van der Waals surface area contributed by atoms with Crippen LogP contribution in [0, 0.1) is 0 Å². The van der Waals surface area contributed by atoms with Gasteiger partial charge in [0.15, 0.2) is 0 Å². The number of anilines is 2. The lowest BCUT2D eigenvalue weighted by atomic mass is 10.3. The number of hydrogen-bond acceptors (Lipinski definition) is 4. The Morgan fingerprint density at radius 2 is 2.05 bits per heavy atom. The summed E-state index contributed by atoms with van der Waals surface area (Å²) in [7, 11) is 1.71. The molecule has 5 nitrogen and oxygen atoms in total. The van der Waals surface area contributed by atoms with Crippen molar-refractivity contribution in [2.45, 2.75) is 0 Å². The summed E-state index contributed by atoms with van der Waals surface area (Å²) in [6, 6.07) is 9.40. The molecule has 2 aromatic rings. The smallest absolute Gasteiger partial charge is 0.278 e. The van der Waals surface area contributed by atoms with E-state index in [1.54, 1.807) is 18.0 Å². The minimum Gasteiger partial charge on any atom is -0.365 e. The van der Waals surface area contributed by atoms with Gasteiger partial charge in [0.25, 0.3) is 5.91 Å². The fourth-order valence-electron chi connectivity index (χ4n) is 1.65. The van der Waals surface area contributed by atoms with Gasteiger partial charge in [0, 0.05) is 19.3 Å². The van der Waals surface area contributed by atoms with Gasteiger partial charge in [0.1, 0.15) is 11.5 Å². The number of rotatable bonds is 5. The van der Waals surface area contributed by atoms with Gasteiger partial charge in [-0.2, -0.15) is 0 Å². The number of carbonyl (C=O) groups is 1. The van der Waals surface area contributed by atoms with Crippen LogP contribution in [0.15, 0.2) is 55.4 Å². The number of aromatic nitrogens is 2. The van der Waals surface area contributed by atoms with E-state index in [1.165, 1.54) is 12.4 Å². The zero-order valence-corrected chi connectivity index (χ0v) is 11.3. The molecule has 5 heteroatoms. The maximum atomic E-state index is 12.3. The Morgan fingerprint density at radius 1 is 1.30 bits per heavy atom. The number of nitrogens with one attached hydrogen (secondary N) is 1. The molecule has 102 valence electrons. The van der Waals surface area contributed by atoms with Crippen LogP contribution < -0.4 is 10.2 Å². The first kappa shape index (κ1) is 13.7. The second-order valence-electron chi connectivity index (χ2n) is 4.16. The van der Waals surface area contributed by atoms with Crippen LogP contribution in [0.3, 0.4) is 0 Å². The molecular formula is C15H16N4O. The molecule has 0 aliphatic heterocycles. The summed E-state index contributed by atoms with van der Waals surface area (Å²) in [4.78, 5) is 22.1. The van der Waals surface area contributed by atoms with Crippen molar-refractivity contribution in [2.75, 3.05) is 23.8 Å². The maximum absolute atomic E-state index is 12.3. The lowest BCUT2D eigenvalue weighted by molar-refractivity contribution is 0.0988. The van der Waals surface area contributed by atoms with E-state index in [0.29, 0.717) is 18.1 Å². The zero-order chi connectivity index (χ0) is 14.4. The third-order valence-electron chi connectivity index (χ3n) is 2.75. The van der Waals surface area contributed by atoms with Crippen molar-refractivity contribution in [3.8, 4) is 0 Å². The molecule has 1 aromatic heterocycles. The van der Waals surface area contributed by atoms with Crippen molar-refractivity contribution < 1.29 is 4.79 Å². The Hall–Kier alpha value is -2.69. The highest BCUT2D eigenvalue weighted by atomic mass is 16.2. The SMILES string of the molecule is C=CCNc1cnc(C(=O)N(C)c2ccccc2)cn1. The molecule has 0 unspecified atom stereocenters. The van der Waals surface area contributed by atoms with E-state index in [0.717, 1.165) is 5.69 Å². The van der Waals surface area contributed by atoms with Crippen LogP contribution in [-0.2, 0) is 0 Å². The van der Waals surface area contributed by atoms with E-state index in [9.17, 15) is 4.79 Å². The Balaban J connectivity index is 2.11. The Morgan fingerprint density at radius 3 is 2.65 bits per heavy atom. The molecule has 0 atom stereocenters. The van der Waals surface area contributed by atoms with Gasteiger partial charge in [0.05, 0.1) is 12.4 Å². The number of carbonyl (C=O) groups excluding carboxylic acids is 1. The van der Waals surface area contributed by atoms with Crippen LogP contribution in [0.5, 0.6) is 0 Å². The molecule has 1 heterocycles. The molecule has 0 saturated carbocycles. The summed E-state index contributed by atoms with van der Waals surface area (Å²) in [5.74, 6) is 0.419. The molecule has 0 aliphatic carbocycles. The molecular weight excluding hydrogens is 252 g/mol. The Labute approximate surface area is 118 Å². The number of benzene rings is 1. The predicted octanol–water partition coefficient (Wildman–Crippen LogP) is 2.35. The average Bonchev–Trinajstić information content (AvgIpc) is 2.53. The monoisotopic (exact) mass is 268 g/mol. The first-order valence-electron chi connectivity index (χ1n) is 6.22. The third kappa shape index (κ3) is 3.20. The summed E-state index contributed by atoms with van der Waals surface area (Å²) < 4.78 is 0. The Kier molecular flexibility index (Phi) is 4.44. The molecule has 0 fully saturated rings. The molecule has 20 heavy (non-hydrogen) atoms. The van der Waals surface area contributed by atoms with Crippen molar-refractivity contribution in [2.24, 2.45) is 0 Å². The molecule has 1 aromatic carbocycles. The second kappa shape index (κ2) is 6.47. The summed E-state index contributed by atoms with van der Waals surface area (Å²) >= 11 is 0. The van der Waals surface area contributed by atoms with Gasteiger partial charge in [-0.05, 0) is 12.1 Å². The topological polar surface area (TPSA) is 58.1 Å². The summed E-state index contributed by atoms with van der Waals surface area (Å²) in [5.41, 5.74) is 1.12. The van der Waals surface area contributed by atoms with E-state index >= 15 is 0 Å². The number of nitrogens with zero attached hydrogens (tertiary/aromatic N) is 3. The zero-order valence-electron chi connectivity index (χ0n) is 11.3. The van der Waals surface area contributed by atoms with Gasteiger partial charge in [-0.3, -0.25) is 4.79 Å². The van der Waals surface area contributed by atoms with Crippen LogP contribution in [0.1, 0.15) is 10.5 Å². The van der Waals surface area contributed by atoms with Crippen LogP contribution >= 0.6 is 0 Å². The van der Waals surface area contributed by atoms with E-state index in [-0.39, 0.29) is 5.91 Å². The van der Waals surface area contributed by atoms with Gasteiger partial charge in [-0.25, -0.2) is 9.97 Å². The van der Waals surface area contributed by atoms with Crippen molar-refractivity contribution >= 4 is 17.4 Å². The molecule has 1 N–H and O–H groups in total. The average molecular weight is 268 g/mol. The largest absolute Gasteiger partial charge is 0.365 e.